The molecule has 0 saturated carbocycles. The van der Waals surface area contributed by atoms with Gasteiger partial charge in [0, 0.05) is 11.1 Å². The molecule has 2 aromatic carbocycles. The summed E-state index contributed by atoms with van der Waals surface area (Å²) in [6.07, 6.45) is 0. The highest BCUT2D eigenvalue weighted by Crippen LogP contribution is 2.30. The normalized spacial score (nSPS) is 12.5. The van der Waals surface area contributed by atoms with E-state index in [-0.39, 0.29) is 16.1 Å². The molecule has 2 nitrogen and oxygen atoms in total. The highest BCUT2D eigenvalue weighted by Gasteiger charge is 2.24. The van der Waals surface area contributed by atoms with Crippen LogP contribution < -0.4 is 11.3 Å². The average molecular weight is 287 g/mol. The molecule has 0 aliphatic rings. The van der Waals surface area contributed by atoms with Gasteiger partial charge in [-0.15, -0.1) is 0 Å². The summed E-state index contributed by atoms with van der Waals surface area (Å²) in [5.74, 6) is 2.90. The Hall–Kier alpha value is -1.56. The molecule has 0 aliphatic heterocycles. The molecule has 3 N–H and O–H groups in total. The Morgan fingerprint density at radius 3 is 2.16 bits per heavy atom. The molecule has 0 spiro atoms. The second-order valence-corrected chi connectivity index (χ2v) is 4.29. The zero-order valence-electron chi connectivity index (χ0n) is 9.63. The first-order valence-corrected chi connectivity index (χ1v) is 5.78. The molecular formula is C13H10ClF3N2. The standard InChI is InChI=1S/C13H10ClF3N2/c14-8-4-1-3-7(12(8)17)13(19-18)11-9(15)5-2-6-10(11)16/h1-6,13,19H,18H2. The molecule has 0 amide bonds. The van der Waals surface area contributed by atoms with E-state index in [4.69, 9.17) is 17.4 Å². The Kier molecular flexibility index (Phi) is 4.09. The molecule has 0 aromatic heterocycles. The van der Waals surface area contributed by atoms with Gasteiger partial charge in [-0.1, -0.05) is 29.8 Å². The van der Waals surface area contributed by atoms with Crippen LogP contribution >= 0.6 is 11.6 Å². The van der Waals surface area contributed by atoms with Crippen molar-refractivity contribution in [3.8, 4) is 0 Å². The monoisotopic (exact) mass is 286 g/mol. The van der Waals surface area contributed by atoms with Crippen LogP contribution in [0.3, 0.4) is 0 Å². The number of benzene rings is 2. The first-order valence-electron chi connectivity index (χ1n) is 5.40. The zero-order valence-corrected chi connectivity index (χ0v) is 10.4. The molecular weight excluding hydrogens is 277 g/mol. The fourth-order valence-corrected chi connectivity index (χ4v) is 2.04. The first-order chi connectivity index (χ1) is 9.06. The number of rotatable bonds is 3. The van der Waals surface area contributed by atoms with Gasteiger partial charge >= 0.3 is 0 Å². The van der Waals surface area contributed by atoms with E-state index in [2.05, 4.69) is 5.43 Å². The Labute approximate surface area is 113 Å². The molecule has 0 aliphatic carbocycles. The van der Waals surface area contributed by atoms with Crippen LogP contribution in [0.1, 0.15) is 17.2 Å². The van der Waals surface area contributed by atoms with Gasteiger partial charge in [-0.2, -0.15) is 0 Å². The van der Waals surface area contributed by atoms with Crippen molar-refractivity contribution < 1.29 is 13.2 Å². The van der Waals surface area contributed by atoms with Crippen molar-refractivity contribution in [1.29, 1.82) is 0 Å². The third-order valence-corrected chi connectivity index (χ3v) is 3.04. The minimum absolute atomic E-state index is 0.0287. The third kappa shape index (κ3) is 2.58. The smallest absolute Gasteiger partial charge is 0.146 e. The van der Waals surface area contributed by atoms with Crippen LogP contribution in [0.15, 0.2) is 36.4 Å². The van der Waals surface area contributed by atoms with Gasteiger partial charge in [0.2, 0.25) is 0 Å². The molecule has 19 heavy (non-hydrogen) atoms. The maximum absolute atomic E-state index is 13.9. The highest BCUT2D eigenvalue weighted by molar-refractivity contribution is 6.30. The van der Waals surface area contributed by atoms with Crippen molar-refractivity contribution in [2.75, 3.05) is 0 Å². The second kappa shape index (κ2) is 5.61. The molecule has 0 heterocycles. The van der Waals surface area contributed by atoms with E-state index in [0.717, 1.165) is 12.1 Å². The largest absolute Gasteiger partial charge is 0.271 e. The van der Waals surface area contributed by atoms with Crippen molar-refractivity contribution in [2.24, 2.45) is 5.84 Å². The lowest BCUT2D eigenvalue weighted by atomic mass is 9.98. The fourth-order valence-electron chi connectivity index (χ4n) is 1.86. The summed E-state index contributed by atoms with van der Waals surface area (Å²) in [5, 5.41) is -0.144. The molecule has 0 bridgehead atoms. The molecule has 100 valence electrons. The van der Waals surface area contributed by atoms with E-state index in [1.165, 1.54) is 24.3 Å². The predicted octanol–water partition coefficient (Wildman–Crippen LogP) is 3.31. The van der Waals surface area contributed by atoms with E-state index in [1.807, 2.05) is 0 Å². The van der Waals surface area contributed by atoms with Crippen molar-refractivity contribution in [1.82, 2.24) is 5.43 Å². The van der Waals surface area contributed by atoms with E-state index >= 15 is 0 Å². The minimum atomic E-state index is -1.17. The molecule has 2 aromatic rings. The van der Waals surface area contributed by atoms with E-state index < -0.39 is 23.5 Å². The van der Waals surface area contributed by atoms with Crippen LogP contribution in [0.5, 0.6) is 0 Å². The molecule has 2 rings (SSSR count). The van der Waals surface area contributed by atoms with E-state index in [0.29, 0.717) is 0 Å². The Morgan fingerprint density at radius 1 is 1.00 bits per heavy atom. The van der Waals surface area contributed by atoms with E-state index in [1.54, 1.807) is 0 Å². The summed E-state index contributed by atoms with van der Waals surface area (Å²) in [4.78, 5) is 0. The summed E-state index contributed by atoms with van der Waals surface area (Å²) in [7, 11) is 0. The van der Waals surface area contributed by atoms with Crippen LogP contribution in [0.25, 0.3) is 0 Å². The molecule has 0 fully saturated rings. The number of nitrogens with one attached hydrogen (secondary N) is 1. The van der Waals surface area contributed by atoms with Crippen molar-refractivity contribution in [3.63, 3.8) is 0 Å². The SMILES string of the molecule is NNC(c1cccc(Cl)c1F)c1c(F)cccc1F. The third-order valence-electron chi connectivity index (χ3n) is 2.75. The van der Waals surface area contributed by atoms with E-state index in [9.17, 15) is 13.2 Å². The lowest BCUT2D eigenvalue weighted by molar-refractivity contribution is 0.495. The quantitative estimate of drug-likeness (QED) is 0.671. The zero-order chi connectivity index (χ0) is 14.0. The number of nitrogens with two attached hydrogens (primary N) is 1. The summed E-state index contributed by atoms with van der Waals surface area (Å²) < 4.78 is 41.3. The Balaban J connectivity index is 2.60. The van der Waals surface area contributed by atoms with Gasteiger partial charge in [-0.3, -0.25) is 5.84 Å². The summed E-state index contributed by atoms with van der Waals surface area (Å²) in [5.41, 5.74) is 1.82. The number of hydrazine groups is 1. The summed E-state index contributed by atoms with van der Waals surface area (Å²) >= 11 is 5.65. The topological polar surface area (TPSA) is 38.0 Å². The molecule has 6 heteroatoms. The maximum Gasteiger partial charge on any atom is 0.146 e. The first kappa shape index (κ1) is 13.9. The van der Waals surface area contributed by atoms with Crippen LogP contribution in [0, 0.1) is 17.5 Å². The predicted molar refractivity (Wildman–Crippen MR) is 66.9 cm³/mol. The highest BCUT2D eigenvalue weighted by atomic mass is 35.5. The molecule has 0 radical (unpaired) electrons. The molecule has 1 unspecified atom stereocenters. The van der Waals surface area contributed by atoms with Crippen LogP contribution in [0.2, 0.25) is 5.02 Å². The van der Waals surface area contributed by atoms with Gasteiger partial charge in [0.25, 0.3) is 0 Å². The van der Waals surface area contributed by atoms with Crippen LogP contribution in [-0.2, 0) is 0 Å². The van der Waals surface area contributed by atoms with Crippen molar-refractivity contribution >= 4 is 11.6 Å². The van der Waals surface area contributed by atoms with Gasteiger partial charge in [0.15, 0.2) is 0 Å². The lowest BCUT2D eigenvalue weighted by Gasteiger charge is -2.19. The average Bonchev–Trinajstić information content (AvgIpc) is 2.38. The molecule has 0 saturated heterocycles. The van der Waals surface area contributed by atoms with Gasteiger partial charge in [-0.05, 0) is 18.2 Å². The molecule has 1 atom stereocenters. The minimum Gasteiger partial charge on any atom is -0.271 e. The Bertz CT molecular complexity index is 584. The van der Waals surface area contributed by atoms with Gasteiger partial charge in [-0.25, -0.2) is 18.6 Å². The summed E-state index contributed by atoms with van der Waals surface area (Å²) in [6, 6.07) is 6.37. The number of hydrogen-bond donors (Lipinski definition) is 2. The Morgan fingerprint density at radius 2 is 1.58 bits per heavy atom. The van der Waals surface area contributed by atoms with Crippen LogP contribution in [-0.4, -0.2) is 0 Å². The number of hydrogen-bond acceptors (Lipinski definition) is 2. The fraction of sp³-hybridized carbons (Fsp3) is 0.0769. The second-order valence-electron chi connectivity index (χ2n) is 3.88. The summed E-state index contributed by atoms with van der Waals surface area (Å²) in [6.45, 7) is 0. The van der Waals surface area contributed by atoms with Crippen LogP contribution in [0.4, 0.5) is 13.2 Å². The van der Waals surface area contributed by atoms with Crippen molar-refractivity contribution in [3.05, 3.63) is 70.0 Å². The van der Waals surface area contributed by atoms with Gasteiger partial charge in [0.05, 0.1) is 11.1 Å². The lowest BCUT2D eigenvalue weighted by Crippen LogP contribution is -2.31. The number of halogens is 4. The van der Waals surface area contributed by atoms with Gasteiger partial charge in [0.1, 0.15) is 17.5 Å². The van der Waals surface area contributed by atoms with Crippen molar-refractivity contribution in [2.45, 2.75) is 6.04 Å². The van der Waals surface area contributed by atoms with Gasteiger partial charge < -0.3 is 0 Å². The maximum atomic E-state index is 13.9.